The Bertz CT molecular complexity index is 395. The summed E-state index contributed by atoms with van der Waals surface area (Å²) >= 11 is 0. The molecule has 1 aliphatic rings. The Labute approximate surface area is 113 Å². The molecule has 18 heavy (non-hydrogen) atoms. The second-order valence-electron chi connectivity index (χ2n) is 6.23. The van der Waals surface area contributed by atoms with Crippen molar-refractivity contribution < 1.29 is 0 Å². The van der Waals surface area contributed by atoms with Gasteiger partial charge in [-0.05, 0) is 80.5 Å². The van der Waals surface area contributed by atoms with Crippen LogP contribution < -0.4 is 0 Å². The molecule has 1 fully saturated rings. The van der Waals surface area contributed by atoms with Crippen LogP contribution in [0.25, 0.3) is 0 Å². The van der Waals surface area contributed by atoms with Gasteiger partial charge in [-0.1, -0.05) is 31.9 Å². The van der Waals surface area contributed by atoms with Gasteiger partial charge in [0.2, 0.25) is 0 Å². The minimum Gasteiger partial charge on any atom is -0.0654 e. The van der Waals surface area contributed by atoms with E-state index in [-0.39, 0.29) is 0 Å². The largest absolute Gasteiger partial charge is 0.0654 e. The van der Waals surface area contributed by atoms with Gasteiger partial charge >= 0.3 is 0 Å². The van der Waals surface area contributed by atoms with E-state index in [0.29, 0.717) is 0 Å². The molecule has 0 aromatic heterocycles. The Morgan fingerprint density at radius 2 is 1.61 bits per heavy atom. The summed E-state index contributed by atoms with van der Waals surface area (Å²) in [6.45, 7) is 9.14. The zero-order chi connectivity index (χ0) is 13.1. The summed E-state index contributed by atoms with van der Waals surface area (Å²) in [5, 5.41) is 0. The average Bonchev–Trinajstić information content (AvgIpc) is 2.38. The first-order valence-electron chi connectivity index (χ1n) is 7.70. The maximum Gasteiger partial charge on any atom is -0.0159 e. The first-order valence-corrected chi connectivity index (χ1v) is 7.70. The second-order valence-corrected chi connectivity index (χ2v) is 6.23. The predicted octanol–water partition coefficient (Wildman–Crippen LogP) is 5.69. The van der Waals surface area contributed by atoms with Gasteiger partial charge < -0.3 is 0 Å². The van der Waals surface area contributed by atoms with Crippen LogP contribution in [0.5, 0.6) is 0 Å². The maximum atomic E-state index is 2.39. The van der Waals surface area contributed by atoms with Gasteiger partial charge in [0.1, 0.15) is 0 Å². The maximum absolute atomic E-state index is 2.39. The lowest BCUT2D eigenvalue weighted by atomic mass is 9.75. The first-order chi connectivity index (χ1) is 8.63. The van der Waals surface area contributed by atoms with Crippen molar-refractivity contribution in [2.45, 2.75) is 72.1 Å². The Hall–Kier alpha value is -0.780. The fourth-order valence-corrected chi connectivity index (χ4v) is 3.59. The van der Waals surface area contributed by atoms with Gasteiger partial charge in [0.05, 0.1) is 0 Å². The van der Waals surface area contributed by atoms with Crippen LogP contribution in [0.3, 0.4) is 0 Å². The Morgan fingerprint density at radius 1 is 0.944 bits per heavy atom. The highest BCUT2D eigenvalue weighted by atomic mass is 14.3. The lowest BCUT2D eigenvalue weighted by Gasteiger charge is -2.30. The highest BCUT2D eigenvalue weighted by molar-refractivity contribution is 5.40. The lowest BCUT2D eigenvalue weighted by molar-refractivity contribution is 0.308. The first kappa shape index (κ1) is 13.6. The molecule has 0 N–H and O–H groups in total. The highest BCUT2D eigenvalue weighted by Gasteiger charge is 2.23. The Kier molecular flexibility index (Phi) is 4.48. The molecular formula is C18H28. The number of rotatable bonds is 3. The molecule has 1 aliphatic carbocycles. The van der Waals surface area contributed by atoms with Gasteiger partial charge in [-0.2, -0.15) is 0 Å². The van der Waals surface area contributed by atoms with Gasteiger partial charge in [-0.15, -0.1) is 0 Å². The van der Waals surface area contributed by atoms with Crippen LogP contribution >= 0.6 is 0 Å². The van der Waals surface area contributed by atoms with E-state index in [0.717, 1.165) is 11.8 Å². The Morgan fingerprint density at radius 3 is 2.22 bits per heavy atom. The molecule has 0 nitrogen and oxygen atoms in total. The van der Waals surface area contributed by atoms with E-state index in [9.17, 15) is 0 Å². The van der Waals surface area contributed by atoms with Crippen molar-refractivity contribution >= 4 is 0 Å². The SMILES string of the molecule is CCCC1CCC(c2ccc(C)c(C)c2C)CC1. The quantitative estimate of drug-likeness (QED) is 0.641. The van der Waals surface area contributed by atoms with Crippen molar-refractivity contribution in [3.8, 4) is 0 Å². The number of hydrogen-bond acceptors (Lipinski definition) is 0. The van der Waals surface area contributed by atoms with Crippen LogP contribution in [0.15, 0.2) is 12.1 Å². The molecule has 1 aromatic carbocycles. The molecule has 0 saturated heterocycles. The van der Waals surface area contributed by atoms with Gasteiger partial charge in [-0.3, -0.25) is 0 Å². The number of hydrogen-bond donors (Lipinski definition) is 0. The van der Waals surface area contributed by atoms with Gasteiger partial charge in [0.15, 0.2) is 0 Å². The van der Waals surface area contributed by atoms with Crippen molar-refractivity contribution in [1.29, 1.82) is 0 Å². The molecule has 1 aromatic rings. The van der Waals surface area contributed by atoms with E-state index in [1.807, 2.05) is 0 Å². The molecule has 0 atom stereocenters. The van der Waals surface area contributed by atoms with E-state index in [1.54, 1.807) is 11.1 Å². The van der Waals surface area contributed by atoms with E-state index < -0.39 is 0 Å². The monoisotopic (exact) mass is 244 g/mol. The molecule has 0 bridgehead atoms. The number of benzene rings is 1. The molecule has 0 radical (unpaired) electrons. The van der Waals surface area contributed by atoms with Crippen molar-refractivity contribution in [2.75, 3.05) is 0 Å². The van der Waals surface area contributed by atoms with E-state index >= 15 is 0 Å². The zero-order valence-electron chi connectivity index (χ0n) is 12.6. The molecule has 0 heteroatoms. The summed E-state index contributed by atoms with van der Waals surface area (Å²) in [5.74, 6) is 1.84. The molecule has 0 spiro atoms. The van der Waals surface area contributed by atoms with Crippen LogP contribution in [0.2, 0.25) is 0 Å². The predicted molar refractivity (Wildman–Crippen MR) is 80.3 cm³/mol. The third-order valence-corrected chi connectivity index (χ3v) is 5.08. The summed E-state index contributed by atoms with van der Waals surface area (Å²) in [4.78, 5) is 0. The van der Waals surface area contributed by atoms with Crippen LogP contribution in [0.1, 0.15) is 73.6 Å². The summed E-state index contributed by atoms with van der Waals surface area (Å²) < 4.78 is 0. The van der Waals surface area contributed by atoms with Crippen molar-refractivity contribution in [3.63, 3.8) is 0 Å². The summed E-state index contributed by atoms with van der Waals surface area (Å²) in [7, 11) is 0. The minimum absolute atomic E-state index is 0.831. The molecule has 100 valence electrons. The third-order valence-electron chi connectivity index (χ3n) is 5.08. The smallest absolute Gasteiger partial charge is 0.0159 e. The van der Waals surface area contributed by atoms with Crippen molar-refractivity contribution in [1.82, 2.24) is 0 Å². The molecule has 0 unspecified atom stereocenters. The van der Waals surface area contributed by atoms with Crippen molar-refractivity contribution in [2.24, 2.45) is 5.92 Å². The van der Waals surface area contributed by atoms with Gasteiger partial charge in [-0.25, -0.2) is 0 Å². The van der Waals surface area contributed by atoms with Crippen LogP contribution in [-0.4, -0.2) is 0 Å². The van der Waals surface area contributed by atoms with Crippen LogP contribution in [-0.2, 0) is 0 Å². The fourth-order valence-electron chi connectivity index (χ4n) is 3.59. The second kappa shape index (κ2) is 5.91. The molecule has 2 rings (SSSR count). The minimum atomic E-state index is 0.831. The molecule has 0 amide bonds. The summed E-state index contributed by atoms with van der Waals surface area (Å²) in [5.41, 5.74) is 6.13. The van der Waals surface area contributed by atoms with E-state index in [1.165, 1.54) is 49.7 Å². The number of aryl methyl sites for hydroxylation is 1. The highest BCUT2D eigenvalue weighted by Crippen LogP contribution is 2.39. The topological polar surface area (TPSA) is 0 Å². The molecule has 0 aliphatic heterocycles. The molecular weight excluding hydrogens is 216 g/mol. The van der Waals surface area contributed by atoms with Crippen molar-refractivity contribution in [3.05, 3.63) is 34.4 Å². The van der Waals surface area contributed by atoms with Gasteiger partial charge in [0, 0.05) is 0 Å². The van der Waals surface area contributed by atoms with Gasteiger partial charge in [0.25, 0.3) is 0 Å². The van der Waals surface area contributed by atoms with Crippen LogP contribution in [0, 0.1) is 26.7 Å². The average molecular weight is 244 g/mol. The van der Waals surface area contributed by atoms with E-state index in [2.05, 4.69) is 39.8 Å². The summed E-state index contributed by atoms with van der Waals surface area (Å²) in [6.07, 6.45) is 8.52. The standard InChI is InChI=1S/C18H28/c1-5-6-16-8-10-17(11-9-16)18-12-7-13(2)14(3)15(18)4/h7,12,16-17H,5-6,8-11H2,1-4H3. The fraction of sp³-hybridized carbons (Fsp3) is 0.667. The normalized spacial score (nSPS) is 24.2. The van der Waals surface area contributed by atoms with Crippen LogP contribution in [0.4, 0.5) is 0 Å². The Balaban J connectivity index is 2.08. The summed E-state index contributed by atoms with van der Waals surface area (Å²) in [6, 6.07) is 4.71. The molecule has 1 saturated carbocycles. The van der Waals surface area contributed by atoms with E-state index in [4.69, 9.17) is 0 Å². The third kappa shape index (κ3) is 2.79. The lowest BCUT2D eigenvalue weighted by Crippen LogP contribution is -2.14. The zero-order valence-corrected chi connectivity index (χ0v) is 12.6. The molecule has 0 heterocycles.